The molecule has 0 aromatic carbocycles. The van der Waals surface area contributed by atoms with Crippen molar-refractivity contribution in [2.75, 3.05) is 37.8 Å². The molecule has 130 valence electrons. The number of anilines is 1. The highest BCUT2D eigenvalue weighted by molar-refractivity contribution is 7.92. The van der Waals surface area contributed by atoms with Crippen LogP contribution >= 0.6 is 0 Å². The summed E-state index contributed by atoms with van der Waals surface area (Å²) in [4.78, 5) is 2.52. The summed E-state index contributed by atoms with van der Waals surface area (Å²) < 4.78 is 32.4. The third-order valence-corrected chi connectivity index (χ3v) is 5.47. The fourth-order valence-corrected chi connectivity index (χ4v) is 4.08. The van der Waals surface area contributed by atoms with Crippen molar-refractivity contribution in [2.45, 2.75) is 37.8 Å². The molecule has 0 radical (unpaired) electrons. The molecule has 1 aromatic rings. The third kappa shape index (κ3) is 4.24. The minimum Gasteiger partial charge on any atom is -0.383 e. The molecule has 2 aliphatic rings. The number of nitrogens with one attached hydrogen (secondary N) is 1. The summed E-state index contributed by atoms with van der Waals surface area (Å²) in [6, 6.07) is 0.687. The highest BCUT2D eigenvalue weighted by Gasteiger charge is 2.35. The van der Waals surface area contributed by atoms with Crippen LogP contribution in [0, 0.1) is 5.92 Å². The number of hydrogen-bond donors (Lipinski definition) is 1. The van der Waals surface area contributed by atoms with Gasteiger partial charge in [0.05, 0.1) is 30.8 Å². The van der Waals surface area contributed by atoms with E-state index in [1.807, 2.05) is 4.68 Å². The maximum atomic E-state index is 11.3. The van der Waals surface area contributed by atoms with Crippen LogP contribution in [0.2, 0.25) is 0 Å². The number of nitrogens with zero attached hydrogens (tertiary/aromatic N) is 3. The zero-order chi connectivity index (χ0) is 16.4. The van der Waals surface area contributed by atoms with Crippen molar-refractivity contribution in [1.29, 1.82) is 0 Å². The molecule has 1 N–H and O–H groups in total. The minimum absolute atomic E-state index is 0.269. The van der Waals surface area contributed by atoms with Gasteiger partial charge in [-0.1, -0.05) is 6.42 Å². The molecule has 1 saturated carbocycles. The number of likely N-dealkylation sites (tertiary alicyclic amines) is 1. The molecule has 0 unspecified atom stereocenters. The molecule has 1 saturated heterocycles. The van der Waals surface area contributed by atoms with Gasteiger partial charge in [-0.2, -0.15) is 5.10 Å². The summed E-state index contributed by atoms with van der Waals surface area (Å²) in [7, 11) is -1.52. The Morgan fingerprint density at radius 1 is 1.43 bits per heavy atom. The van der Waals surface area contributed by atoms with Gasteiger partial charge >= 0.3 is 0 Å². The molecule has 0 spiro atoms. The van der Waals surface area contributed by atoms with Crippen LogP contribution in [0.15, 0.2) is 12.4 Å². The molecule has 3 rings (SSSR count). The summed E-state index contributed by atoms with van der Waals surface area (Å²) in [5.41, 5.74) is 0.522. The Kier molecular flexibility index (Phi) is 4.93. The van der Waals surface area contributed by atoms with E-state index in [9.17, 15) is 8.42 Å². The van der Waals surface area contributed by atoms with Crippen LogP contribution in [-0.4, -0.2) is 62.2 Å². The lowest BCUT2D eigenvalue weighted by molar-refractivity contribution is 0.0929. The van der Waals surface area contributed by atoms with Crippen LogP contribution < -0.4 is 4.72 Å². The third-order valence-electron chi connectivity index (χ3n) is 4.86. The van der Waals surface area contributed by atoms with Crippen LogP contribution in [0.4, 0.5) is 5.69 Å². The van der Waals surface area contributed by atoms with Crippen molar-refractivity contribution in [1.82, 2.24) is 14.7 Å². The fraction of sp³-hybridized carbons (Fsp3) is 0.800. The summed E-state index contributed by atoms with van der Waals surface area (Å²) in [5.74, 6) is 0.827. The first-order chi connectivity index (χ1) is 10.9. The van der Waals surface area contributed by atoms with Gasteiger partial charge in [0, 0.05) is 32.4 Å². The lowest BCUT2D eigenvalue weighted by atomic mass is 9.85. The molecule has 0 amide bonds. The molecule has 2 atom stereocenters. The first kappa shape index (κ1) is 16.7. The van der Waals surface area contributed by atoms with Crippen molar-refractivity contribution in [3.8, 4) is 0 Å². The predicted molar refractivity (Wildman–Crippen MR) is 88.9 cm³/mol. The molecule has 0 bridgehead atoms. The number of hydrogen-bond acceptors (Lipinski definition) is 5. The van der Waals surface area contributed by atoms with E-state index in [2.05, 4.69) is 14.7 Å². The maximum Gasteiger partial charge on any atom is 0.229 e. The zero-order valence-electron chi connectivity index (χ0n) is 13.8. The molecule has 23 heavy (non-hydrogen) atoms. The van der Waals surface area contributed by atoms with Gasteiger partial charge in [-0.25, -0.2) is 8.42 Å². The molecule has 2 heterocycles. The number of aromatic nitrogens is 2. The van der Waals surface area contributed by atoms with Crippen molar-refractivity contribution in [3.05, 3.63) is 12.4 Å². The van der Waals surface area contributed by atoms with Crippen LogP contribution in [-0.2, 0) is 14.8 Å². The Balaban J connectivity index is 1.65. The molecule has 1 aliphatic heterocycles. The van der Waals surface area contributed by atoms with Crippen molar-refractivity contribution >= 4 is 15.7 Å². The van der Waals surface area contributed by atoms with Crippen LogP contribution in [0.25, 0.3) is 0 Å². The minimum atomic E-state index is -3.26. The highest BCUT2D eigenvalue weighted by Crippen LogP contribution is 2.33. The van der Waals surface area contributed by atoms with E-state index >= 15 is 0 Å². The number of sulfonamides is 1. The van der Waals surface area contributed by atoms with E-state index in [1.165, 1.54) is 19.3 Å². The summed E-state index contributed by atoms with van der Waals surface area (Å²) >= 11 is 0. The van der Waals surface area contributed by atoms with Crippen molar-refractivity contribution in [2.24, 2.45) is 5.92 Å². The topological polar surface area (TPSA) is 76.5 Å². The van der Waals surface area contributed by atoms with Gasteiger partial charge in [0.25, 0.3) is 0 Å². The van der Waals surface area contributed by atoms with E-state index in [1.54, 1.807) is 19.5 Å². The first-order valence-corrected chi connectivity index (χ1v) is 10.1. The second kappa shape index (κ2) is 6.78. The van der Waals surface area contributed by atoms with E-state index < -0.39 is 10.0 Å². The number of rotatable bonds is 7. The Bertz CT molecular complexity index is 626. The Hall–Kier alpha value is -1.12. The molecule has 2 fully saturated rings. The first-order valence-electron chi connectivity index (χ1n) is 8.19. The normalized spacial score (nSPS) is 26.3. The van der Waals surface area contributed by atoms with Gasteiger partial charge in [0.1, 0.15) is 0 Å². The lowest BCUT2D eigenvalue weighted by Gasteiger charge is -2.33. The van der Waals surface area contributed by atoms with E-state index in [0.717, 1.165) is 38.3 Å². The quantitative estimate of drug-likeness (QED) is 0.809. The average molecular weight is 342 g/mol. The Labute approximate surface area is 138 Å². The van der Waals surface area contributed by atoms with E-state index in [4.69, 9.17) is 4.74 Å². The van der Waals surface area contributed by atoms with E-state index in [-0.39, 0.29) is 6.04 Å². The second-order valence-electron chi connectivity index (χ2n) is 6.83. The summed E-state index contributed by atoms with van der Waals surface area (Å²) in [6.45, 7) is 2.82. The summed E-state index contributed by atoms with van der Waals surface area (Å²) in [5, 5.41) is 4.35. The summed E-state index contributed by atoms with van der Waals surface area (Å²) in [6.07, 6.45) is 9.52. The standard InChI is InChI=1S/C15H26N4O3S/c1-22-11-15-6-14(10-18(15)8-12-4-3-5-12)19-9-13(7-16-19)17-23(2,20)21/h7,9,12,14-15,17H,3-6,8,10-11H2,1-2H3/t14-,15-/m0/s1. The van der Waals surface area contributed by atoms with Gasteiger partial charge in [-0.15, -0.1) is 0 Å². The van der Waals surface area contributed by atoms with Crippen molar-refractivity contribution < 1.29 is 13.2 Å². The lowest BCUT2D eigenvalue weighted by Crippen LogP contribution is -2.38. The van der Waals surface area contributed by atoms with Crippen LogP contribution in [0.5, 0.6) is 0 Å². The number of ether oxygens (including phenoxy) is 1. The van der Waals surface area contributed by atoms with Gasteiger partial charge in [0.15, 0.2) is 0 Å². The molecule has 1 aliphatic carbocycles. The maximum absolute atomic E-state index is 11.3. The Morgan fingerprint density at radius 3 is 2.83 bits per heavy atom. The number of methoxy groups -OCH3 is 1. The molecular weight excluding hydrogens is 316 g/mol. The van der Waals surface area contributed by atoms with Gasteiger partial charge in [-0.3, -0.25) is 14.3 Å². The second-order valence-corrected chi connectivity index (χ2v) is 8.58. The SMILES string of the molecule is COC[C@@H]1C[C@H](n2cc(NS(C)(=O)=O)cn2)CN1CC1CCC1. The Morgan fingerprint density at radius 2 is 2.22 bits per heavy atom. The zero-order valence-corrected chi connectivity index (χ0v) is 14.6. The average Bonchev–Trinajstić information content (AvgIpc) is 3.00. The van der Waals surface area contributed by atoms with Gasteiger partial charge in [0.2, 0.25) is 10.0 Å². The van der Waals surface area contributed by atoms with Gasteiger partial charge in [-0.05, 0) is 25.2 Å². The molecule has 1 aromatic heterocycles. The van der Waals surface area contributed by atoms with Crippen LogP contribution in [0.3, 0.4) is 0 Å². The largest absolute Gasteiger partial charge is 0.383 e. The van der Waals surface area contributed by atoms with E-state index in [0.29, 0.717) is 11.7 Å². The fourth-order valence-electron chi connectivity index (χ4n) is 3.55. The van der Waals surface area contributed by atoms with Crippen LogP contribution in [0.1, 0.15) is 31.7 Å². The molecular formula is C15H26N4O3S. The highest BCUT2D eigenvalue weighted by atomic mass is 32.2. The molecule has 8 heteroatoms. The van der Waals surface area contributed by atoms with Crippen molar-refractivity contribution in [3.63, 3.8) is 0 Å². The van der Waals surface area contributed by atoms with Gasteiger partial charge < -0.3 is 4.74 Å². The smallest absolute Gasteiger partial charge is 0.229 e. The monoisotopic (exact) mass is 342 g/mol. The predicted octanol–water partition coefficient (Wildman–Crippen LogP) is 1.32. The molecule has 7 nitrogen and oxygen atoms in total.